The Balaban J connectivity index is 2.38. The van der Waals surface area contributed by atoms with E-state index in [0.29, 0.717) is 5.58 Å². The maximum atomic E-state index is 11.4. The Bertz CT molecular complexity index is 597. The number of hydrogen-bond donors (Lipinski definition) is 1. The molecule has 0 fully saturated rings. The van der Waals surface area contributed by atoms with Gasteiger partial charge in [0, 0.05) is 7.05 Å². The van der Waals surface area contributed by atoms with Gasteiger partial charge in [0.2, 0.25) is 0 Å². The molecule has 0 radical (unpaired) electrons. The minimum Gasteiger partial charge on any atom is -0.408 e. The standard InChI is InChI=1S/C14H19NO3/c1-4-5-9(2)13(16)10-6-7-11-12(8-10)18-14(17)15(11)3/h6-9,13,16H,4-5H2,1-3H3. The highest BCUT2D eigenvalue weighted by molar-refractivity contribution is 5.73. The Labute approximate surface area is 106 Å². The van der Waals surface area contributed by atoms with Crippen molar-refractivity contribution in [3.8, 4) is 0 Å². The molecule has 1 N–H and O–H groups in total. The van der Waals surface area contributed by atoms with E-state index in [1.807, 2.05) is 19.1 Å². The lowest BCUT2D eigenvalue weighted by Crippen LogP contribution is -2.09. The van der Waals surface area contributed by atoms with Gasteiger partial charge in [0.25, 0.3) is 0 Å². The fourth-order valence-corrected chi connectivity index (χ4v) is 2.28. The van der Waals surface area contributed by atoms with Gasteiger partial charge in [-0.15, -0.1) is 0 Å². The summed E-state index contributed by atoms with van der Waals surface area (Å²) in [7, 11) is 1.67. The first kappa shape index (κ1) is 12.9. The van der Waals surface area contributed by atoms with Crippen molar-refractivity contribution in [3.63, 3.8) is 0 Å². The van der Waals surface area contributed by atoms with Crippen LogP contribution >= 0.6 is 0 Å². The Morgan fingerprint density at radius 1 is 1.44 bits per heavy atom. The van der Waals surface area contributed by atoms with E-state index in [1.165, 1.54) is 4.57 Å². The van der Waals surface area contributed by atoms with Crippen molar-refractivity contribution in [1.29, 1.82) is 0 Å². The molecule has 1 heterocycles. The highest BCUT2D eigenvalue weighted by atomic mass is 16.4. The number of aromatic nitrogens is 1. The predicted octanol–water partition coefficient (Wildman–Crippen LogP) is 2.60. The SMILES string of the molecule is CCCC(C)C(O)c1ccc2c(c1)oc(=O)n2C. The van der Waals surface area contributed by atoms with E-state index < -0.39 is 6.10 Å². The molecule has 0 aliphatic heterocycles. The molecule has 1 aromatic carbocycles. The molecule has 0 spiro atoms. The minimum atomic E-state index is -0.514. The molecule has 4 nitrogen and oxygen atoms in total. The average Bonchev–Trinajstić information content (AvgIpc) is 2.64. The maximum Gasteiger partial charge on any atom is 0.419 e. The number of fused-ring (bicyclic) bond motifs is 1. The van der Waals surface area contributed by atoms with Crippen LogP contribution in [0.15, 0.2) is 27.4 Å². The molecule has 2 unspecified atom stereocenters. The van der Waals surface area contributed by atoms with Crippen molar-refractivity contribution >= 4 is 11.1 Å². The summed E-state index contributed by atoms with van der Waals surface area (Å²) in [5, 5.41) is 10.2. The molecule has 2 aromatic rings. The lowest BCUT2D eigenvalue weighted by molar-refractivity contribution is 0.112. The third kappa shape index (κ3) is 2.20. The van der Waals surface area contributed by atoms with Crippen LogP contribution in [-0.4, -0.2) is 9.67 Å². The zero-order valence-corrected chi connectivity index (χ0v) is 11.0. The van der Waals surface area contributed by atoms with Crippen LogP contribution < -0.4 is 5.76 Å². The van der Waals surface area contributed by atoms with Gasteiger partial charge in [0.1, 0.15) is 0 Å². The van der Waals surface area contributed by atoms with E-state index in [9.17, 15) is 9.90 Å². The highest BCUT2D eigenvalue weighted by Crippen LogP contribution is 2.27. The van der Waals surface area contributed by atoms with Crippen molar-refractivity contribution in [2.75, 3.05) is 0 Å². The zero-order chi connectivity index (χ0) is 13.3. The smallest absolute Gasteiger partial charge is 0.408 e. The van der Waals surface area contributed by atoms with Crippen molar-refractivity contribution in [1.82, 2.24) is 4.57 Å². The number of aliphatic hydroxyl groups is 1. The Morgan fingerprint density at radius 3 is 2.83 bits per heavy atom. The quantitative estimate of drug-likeness (QED) is 0.906. The molecule has 4 heteroatoms. The Kier molecular flexibility index (Phi) is 3.57. The summed E-state index contributed by atoms with van der Waals surface area (Å²) >= 11 is 0. The molecule has 2 atom stereocenters. The predicted molar refractivity (Wildman–Crippen MR) is 70.5 cm³/mol. The van der Waals surface area contributed by atoms with Crippen molar-refractivity contribution in [2.45, 2.75) is 32.8 Å². The molecule has 0 bridgehead atoms. The largest absolute Gasteiger partial charge is 0.419 e. The summed E-state index contributed by atoms with van der Waals surface area (Å²) < 4.78 is 6.58. The first-order chi connectivity index (χ1) is 8.54. The second kappa shape index (κ2) is 4.98. The number of rotatable bonds is 4. The maximum absolute atomic E-state index is 11.4. The van der Waals surface area contributed by atoms with Crippen molar-refractivity contribution in [3.05, 3.63) is 34.3 Å². The third-order valence-corrected chi connectivity index (χ3v) is 3.44. The first-order valence-corrected chi connectivity index (χ1v) is 6.32. The molecule has 98 valence electrons. The van der Waals surface area contributed by atoms with E-state index in [0.717, 1.165) is 23.9 Å². The van der Waals surface area contributed by atoms with Crippen molar-refractivity contribution in [2.24, 2.45) is 13.0 Å². The number of aryl methyl sites for hydroxylation is 1. The van der Waals surface area contributed by atoms with Crippen LogP contribution in [0.5, 0.6) is 0 Å². The third-order valence-electron chi connectivity index (χ3n) is 3.44. The Morgan fingerprint density at radius 2 is 2.17 bits per heavy atom. The molecule has 2 rings (SSSR count). The van der Waals surface area contributed by atoms with Crippen LogP contribution in [0.4, 0.5) is 0 Å². The van der Waals surface area contributed by atoms with Crippen LogP contribution in [0.25, 0.3) is 11.1 Å². The van der Waals surface area contributed by atoms with Gasteiger partial charge in [-0.2, -0.15) is 0 Å². The minimum absolute atomic E-state index is 0.197. The average molecular weight is 249 g/mol. The summed E-state index contributed by atoms with van der Waals surface area (Å²) in [6.45, 7) is 4.13. The van der Waals surface area contributed by atoms with Crippen LogP contribution in [0.1, 0.15) is 38.4 Å². The Hall–Kier alpha value is -1.55. The van der Waals surface area contributed by atoms with Crippen LogP contribution in [0.2, 0.25) is 0 Å². The lowest BCUT2D eigenvalue weighted by Gasteiger charge is -2.18. The monoisotopic (exact) mass is 249 g/mol. The topological polar surface area (TPSA) is 55.4 Å². The fraction of sp³-hybridized carbons (Fsp3) is 0.500. The van der Waals surface area contributed by atoms with Crippen LogP contribution in [0.3, 0.4) is 0 Å². The number of hydrogen-bond acceptors (Lipinski definition) is 3. The second-order valence-corrected chi connectivity index (χ2v) is 4.86. The summed E-state index contributed by atoms with van der Waals surface area (Å²) in [6, 6.07) is 5.43. The molecule has 0 saturated carbocycles. The van der Waals surface area contributed by atoms with E-state index in [2.05, 4.69) is 6.92 Å². The number of nitrogens with zero attached hydrogens (tertiary/aromatic N) is 1. The molecule has 0 saturated heterocycles. The molecule has 1 aromatic heterocycles. The van der Waals surface area contributed by atoms with Gasteiger partial charge in [0.05, 0.1) is 11.6 Å². The number of oxazole rings is 1. The fourth-order valence-electron chi connectivity index (χ4n) is 2.28. The molecule has 0 amide bonds. The van der Waals surface area contributed by atoms with Crippen molar-refractivity contribution < 1.29 is 9.52 Å². The number of benzene rings is 1. The van der Waals surface area contributed by atoms with Gasteiger partial charge in [-0.1, -0.05) is 26.3 Å². The summed E-state index contributed by atoms with van der Waals surface area (Å²) in [6.07, 6.45) is 1.50. The van der Waals surface area contributed by atoms with E-state index >= 15 is 0 Å². The summed E-state index contributed by atoms with van der Waals surface area (Å²) in [5.41, 5.74) is 2.08. The second-order valence-electron chi connectivity index (χ2n) is 4.86. The highest BCUT2D eigenvalue weighted by Gasteiger charge is 2.17. The van der Waals surface area contributed by atoms with E-state index in [4.69, 9.17) is 4.42 Å². The molecular weight excluding hydrogens is 230 g/mol. The van der Waals surface area contributed by atoms with Gasteiger partial charge in [-0.05, 0) is 30.0 Å². The van der Waals surface area contributed by atoms with Crippen LogP contribution in [-0.2, 0) is 7.05 Å². The molecule has 18 heavy (non-hydrogen) atoms. The van der Waals surface area contributed by atoms with E-state index in [-0.39, 0.29) is 11.7 Å². The number of aliphatic hydroxyl groups excluding tert-OH is 1. The van der Waals surface area contributed by atoms with Gasteiger partial charge < -0.3 is 9.52 Å². The first-order valence-electron chi connectivity index (χ1n) is 6.32. The van der Waals surface area contributed by atoms with Gasteiger partial charge in [-0.25, -0.2) is 4.79 Å². The molecule has 0 aliphatic carbocycles. The normalized spacial score (nSPS) is 14.9. The van der Waals surface area contributed by atoms with Gasteiger partial charge in [-0.3, -0.25) is 4.57 Å². The van der Waals surface area contributed by atoms with Gasteiger partial charge >= 0.3 is 5.76 Å². The van der Waals surface area contributed by atoms with E-state index in [1.54, 1.807) is 13.1 Å². The molecular formula is C14H19NO3. The lowest BCUT2D eigenvalue weighted by atomic mass is 9.93. The van der Waals surface area contributed by atoms with Crippen LogP contribution in [0, 0.1) is 5.92 Å². The zero-order valence-electron chi connectivity index (χ0n) is 11.0. The summed E-state index contributed by atoms with van der Waals surface area (Å²) in [4.78, 5) is 11.4. The molecule has 0 aliphatic rings. The van der Waals surface area contributed by atoms with Gasteiger partial charge in [0.15, 0.2) is 5.58 Å². The summed E-state index contributed by atoms with van der Waals surface area (Å²) in [5.74, 6) is -0.180.